The molecule has 0 saturated carbocycles. The summed E-state index contributed by atoms with van der Waals surface area (Å²) in [4.78, 5) is 14.6. The molecule has 1 amide bonds. The minimum atomic E-state index is -0.0978. The highest BCUT2D eigenvalue weighted by atomic mass is 16.5. The lowest BCUT2D eigenvalue weighted by molar-refractivity contribution is -0.127. The van der Waals surface area contributed by atoms with Crippen molar-refractivity contribution < 1.29 is 9.53 Å². The molecular weight excluding hydrogens is 276 g/mol. The van der Waals surface area contributed by atoms with E-state index in [1.807, 2.05) is 24.3 Å². The summed E-state index contributed by atoms with van der Waals surface area (Å²) in [5.41, 5.74) is 2.20. The molecule has 1 aliphatic heterocycles. The number of benzene rings is 1. The third-order valence-electron chi connectivity index (χ3n) is 4.08. The Bertz CT molecular complexity index is 536. The number of likely N-dealkylation sites (tertiary alicyclic amines) is 1. The summed E-state index contributed by atoms with van der Waals surface area (Å²) in [5.74, 6) is 2.72. The Hall–Kier alpha value is -1.83. The molecule has 1 aromatic carbocycles. The summed E-state index contributed by atoms with van der Waals surface area (Å²) in [5, 5.41) is 3.05. The van der Waals surface area contributed by atoms with Crippen molar-refractivity contribution in [1.82, 2.24) is 10.2 Å². The van der Waals surface area contributed by atoms with Gasteiger partial charge in [-0.05, 0) is 30.5 Å². The van der Waals surface area contributed by atoms with Crippen LogP contribution in [0, 0.1) is 12.3 Å². The zero-order chi connectivity index (χ0) is 15.8. The maximum Gasteiger partial charge on any atom is 0.237 e. The SMILES string of the molecule is C#CCN1CCCC[C@@H]1C(=O)NCc1ccccc1COC. The number of terminal acetylenes is 1. The maximum atomic E-state index is 12.5. The van der Waals surface area contributed by atoms with Gasteiger partial charge < -0.3 is 10.1 Å². The lowest BCUT2D eigenvalue weighted by Gasteiger charge is -2.33. The fraction of sp³-hybridized carbons (Fsp3) is 0.500. The minimum absolute atomic E-state index is 0.0715. The molecule has 0 aromatic heterocycles. The number of piperidine rings is 1. The molecule has 1 atom stereocenters. The zero-order valence-corrected chi connectivity index (χ0v) is 13.2. The smallest absolute Gasteiger partial charge is 0.237 e. The monoisotopic (exact) mass is 300 g/mol. The predicted molar refractivity (Wildman–Crippen MR) is 87.0 cm³/mol. The number of nitrogens with zero attached hydrogens (tertiary/aromatic N) is 1. The van der Waals surface area contributed by atoms with Gasteiger partial charge >= 0.3 is 0 Å². The lowest BCUT2D eigenvalue weighted by Crippen LogP contribution is -2.49. The van der Waals surface area contributed by atoms with Crippen molar-refractivity contribution in [3.63, 3.8) is 0 Å². The molecule has 0 spiro atoms. The summed E-state index contributed by atoms with van der Waals surface area (Å²) in [6.45, 7) is 2.53. The number of rotatable bonds is 6. The molecule has 0 radical (unpaired) electrons. The first-order valence-electron chi connectivity index (χ1n) is 7.77. The van der Waals surface area contributed by atoms with Gasteiger partial charge in [0.1, 0.15) is 0 Å². The summed E-state index contributed by atoms with van der Waals surface area (Å²) in [6.07, 6.45) is 8.48. The molecule has 1 fully saturated rings. The van der Waals surface area contributed by atoms with Crippen LogP contribution >= 0.6 is 0 Å². The van der Waals surface area contributed by atoms with Crippen molar-refractivity contribution in [3.05, 3.63) is 35.4 Å². The number of hydrogen-bond donors (Lipinski definition) is 1. The van der Waals surface area contributed by atoms with Gasteiger partial charge in [0.2, 0.25) is 5.91 Å². The summed E-state index contributed by atoms with van der Waals surface area (Å²) in [6, 6.07) is 7.91. The van der Waals surface area contributed by atoms with Gasteiger partial charge in [0.15, 0.2) is 0 Å². The Kier molecular flexibility index (Phi) is 6.45. The van der Waals surface area contributed by atoms with Gasteiger partial charge in [-0.25, -0.2) is 0 Å². The van der Waals surface area contributed by atoms with Crippen LogP contribution in [0.25, 0.3) is 0 Å². The normalized spacial score (nSPS) is 18.6. The van der Waals surface area contributed by atoms with Gasteiger partial charge in [0.25, 0.3) is 0 Å². The second kappa shape index (κ2) is 8.57. The van der Waals surface area contributed by atoms with Crippen LogP contribution in [0.15, 0.2) is 24.3 Å². The number of carbonyl (C=O) groups is 1. The molecule has 4 nitrogen and oxygen atoms in total. The van der Waals surface area contributed by atoms with Gasteiger partial charge in [-0.2, -0.15) is 0 Å². The molecule has 1 N–H and O–H groups in total. The molecule has 118 valence electrons. The lowest BCUT2D eigenvalue weighted by atomic mass is 10.0. The minimum Gasteiger partial charge on any atom is -0.380 e. The second-order valence-electron chi connectivity index (χ2n) is 5.61. The van der Waals surface area contributed by atoms with Crippen LogP contribution in [-0.2, 0) is 22.7 Å². The number of amides is 1. The molecule has 22 heavy (non-hydrogen) atoms. The van der Waals surface area contributed by atoms with Gasteiger partial charge in [-0.3, -0.25) is 9.69 Å². The maximum absolute atomic E-state index is 12.5. The van der Waals surface area contributed by atoms with Crippen LogP contribution in [0.5, 0.6) is 0 Å². The quantitative estimate of drug-likeness (QED) is 0.816. The van der Waals surface area contributed by atoms with Crippen molar-refractivity contribution in [2.24, 2.45) is 0 Å². The number of ether oxygens (including phenoxy) is 1. The molecule has 1 aromatic rings. The Balaban J connectivity index is 1.96. The third-order valence-corrected chi connectivity index (χ3v) is 4.08. The van der Waals surface area contributed by atoms with E-state index in [2.05, 4.69) is 16.1 Å². The first-order chi connectivity index (χ1) is 10.8. The predicted octanol–water partition coefficient (Wildman–Crippen LogP) is 1.94. The molecule has 1 heterocycles. The Labute approximate surface area is 132 Å². The van der Waals surface area contributed by atoms with E-state index in [1.165, 1.54) is 0 Å². The molecule has 4 heteroatoms. The fourth-order valence-electron chi connectivity index (χ4n) is 2.92. The van der Waals surface area contributed by atoms with E-state index in [-0.39, 0.29) is 11.9 Å². The van der Waals surface area contributed by atoms with E-state index >= 15 is 0 Å². The van der Waals surface area contributed by atoms with Gasteiger partial charge in [0.05, 0.1) is 19.2 Å². The Morgan fingerprint density at radius 2 is 2.18 bits per heavy atom. The standard InChI is InChI=1S/C18H24N2O2/c1-3-11-20-12-7-6-10-17(20)18(21)19-13-15-8-4-5-9-16(15)14-22-2/h1,4-5,8-9,17H,6-7,10-14H2,2H3,(H,19,21)/t17-/m1/s1. The van der Waals surface area contributed by atoms with Crippen LogP contribution in [0.4, 0.5) is 0 Å². The molecule has 1 saturated heterocycles. The molecule has 1 aliphatic rings. The van der Waals surface area contributed by atoms with Gasteiger partial charge in [-0.15, -0.1) is 6.42 Å². The average molecular weight is 300 g/mol. The molecule has 0 unspecified atom stereocenters. The Morgan fingerprint density at radius 3 is 2.91 bits per heavy atom. The summed E-state index contributed by atoms with van der Waals surface area (Å²) in [7, 11) is 1.68. The van der Waals surface area contributed by atoms with Gasteiger partial charge in [-0.1, -0.05) is 36.6 Å². The molecule has 2 rings (SSSR count). The molecule has 0 aliphatic carbocycles. The van der Waals surface area contributed by atoms with Crippen molar-refractivity contribution >= 4 is 5.91 Å². The van der Waals surface area contributed by atoms with E-state index in [1.54, 1.807) is 7.11 Å². The number of hydrogen-bond acceptors (Lipinski definition) is 3. The first-order valence-corrected chi connectivity index (χ1v) is 7.77. The average Bonchev–Trinajstić information content (AvgIpc) is 2.55. The molecular formula is C18H24N2O2. The Morgan fingerprint density at radius 1 is 1.41 bits per heavy atom. The van der Waals surface area contributed by atoms with Crippen LogP contribution < -0.4 is 5.32 Å². The van der Waals surface area contributed by atoms with E-state index in [9.17, 15) is 4.79 Å². The van der Waals surface area contributed by atoms with E-state index in [0.29, 0.717) is 19.7 Å². The highest BCUT2D eigenvalue weighted by molar-refractivity contribution is 5.81. The first kappa shape index (κ1) is 16.5. The molecule has 0 bridgehead atoms. The highest BCUT2D eigenvalue weighted by Crippen LogP contribution is 2.17. The topological polar surface area (TPSA) is 41.6 Å². The number of nitrogens with one attached hydrogen (secondary N) is 1. The van der Waals surface area contributed by atoms with Crippen molar-refractivity contribution in [3.8, 4) is 12.3 Å². The number of methoxy groups -OCH3 is 1. The fourth-order valence-corrected chi connectivity index (χ4v) is 2.92. The van der Waals surface area contributed by atoms with Crippen LogP contribution in [0.1, 0.15) is 30.4 Å². The number of carbonyl (C=O) groups excluding carboxylic acids is 1. The van der Waals surface area contributed by atoms with Crippen molar-refractivity contribution in [1.29, 1.82) is 0 Å². The van der Waals surface area contributed by atoms with Gasteiger partial charge in [0, 0.05) is 13.7 Å². The van der Waals surface area contributed by atoms with Crippen LogP contribution in [0.3, 0.4) is 0 Å². The van der Waals surface area contributed by atoms with E-state index in [4.69, 9.17) is 11.2 Å². The largest absolute Gasteiger partial charge is 0.380 e. The van der Waals surface area contributed by atoms with Crippen LogP contribution in [-0.4, -0.2) is 37.0 Å². The highest BCUT2D eigenvalue weighted by Gasteiger charge is 2.27. The van der Waals surface area contributed by atoms with E-state index < -0.39 is 0 Å². The van der Waals surface area contributed by atoms with Crippen LogP contribution in [0.2, 0.25) is 0 Å². The summed E-state index contributed by atoms with van der Waals surface area (Å²) >= 11 is 0. The van der Waals surface area contributed by atoms with Crippen molar-refractivity contribution in [2.45, 2.75) is 38.5 Å². The zero-order valence-electron chi connectivity index (χ0n) is 13.2. The van der Waals surface area contributed by atoms with E-state index in [0.717, 1.165) is 36.9 Å². The van der Waals surface area contributed by atoms with Crippen molar-refractivity contribution in [2.75, 3.05) is 20.2 Å². The second-order valence-corrected chi connectivity index (χ2v) is 5.61. The summed E-state index contributed by atoms with van der Waals surface area (Å²) < 4.78 is 5.20. The third kappa shape index (κ3) is 4.33.